The number of nitrogens with one attached hydrogen (secondary N) is 1. The number of pyridine rings is 1. The average molecular weight is 317 g/mol. The first-order chi connectivity index (χ1) is 9.41. The minimum atomic E-state index is -1.61. The molecule has 0 bridgehead atoms. The molecule has 0 radical (unpaired) electrons. The van der Waals surface area contributed by atoms with Gasteiger partial charge in [0, 0.05) is 18.0 Å². The molecule has 1 rings (SSSR count). The Labute approximate surface area is 121 Å². The molecule has 0 spiro atoms. The van der Waals surface area contributed by atoms with Gasteiger partial charge in [0.25, 0.3) is 5.37 Å². The minimum Gasteiger partial charge on any atom is -0.479 e. The molecule has 0 aromatic carbocycles. The average Bonchev–Trinajstić information content (AvgIpc) is 2.38. The standard InChI is InChI=1S/C10H11N3O5S2/c1-6(14)12-8(10(15)16)9(13(17)18)20-19-7-4-2-3-5-11-7/h2-5,8-9H,1H3,(H,12,14)(H,15,16). The fourth-order valence-electron chi connectivity index (χ4n) is 1.18. The molecule has 2 unspecified atom stereocenters. The van der Waals surface area contributed by atoms with Crippen LogP contribution in [0.2, 0.25) is 0 Å². The summed E-state index contributed by atoms with van der Waals surface area (Å²) < 4.78 is 0. The number of nitro groups is 1. The topological polar surface area (TPSA) is 122 Å². The molecule has 0 fully saturated rings. The van der Waals surface area contributed by atoms with E-state index in [4.69, 9.17) is 5.11 Å². The quantitative estimate of drug-likeness (QED) is 0.331. The molecular formula is C10H11N3O5S2. The van der Waals surface area contributed by atoms with Crippen LogP contribution >= 0.6 is 21.6 Å². The number of carboxylic acids is 1. The van der Waals surface area contributed by atoms with E-state index in [0.29, 0.717) is 5.03 Å². The summed E-state index contributed by atoms with van der Waals surface area (Å²) in [6.45, 7) is 1.10. The Morgan fingerprint density at radius 2 is 2.20 bits per heavy atom. The summed E-state index contributed by atoms with van der Waals surface area (Å²) in [5, 5.41) is 21.0. The number of aromatic nitrogens is 1. The van der Waals surface area contributed by atoms with Crippen LogP contribution in [-0.2, 0) is 9.59 Å². The van der Waals surface area contributed by atoms with Crippen molar-refractivity contribution in [1.29, 1.82) is 0 Å². The van der Waals surface area contributed by atoms with Crippen molar-refractivity contribution in [2.45, 2.75) is 23.4 Å². The molecule has 0 aliphatic heterocycles. The molecule has 108 valence electrons. The van der Waals surface area contributed by atoms with Crippen LogP contribution in [0.1, 0.15) is 6.92 Å². The van der Waals surface area contributed by atoms with Crippen molar-refractivity contribution in [3.63, 3.8) is 0 Å². The van der Waals surface area contributed by atoms with Gasteiger partial charge in [-0.25, -0.2) is 9.78 Å². The molecular weight excluding hydrogens is 306 g/mol. The molecule has 2 atom stereocenters. The summed E-state index contributed by atoms with van der Waals surface area (Å²) in [6, 6.07) is 3.43. The van der Waals surface area contributed by atoms with E-state index < -0.39 is 28.2 Å². The maximum atomic E-state index is 11.0. The molecule has 0 saturated heterocycles. The highest BCUT2D eigenvalue weighted by atomic mass is 33.1. The van der Waals surface area contributed by atoms with Crippen LogP contribution in [0, 0.1) is 10.1 Å². The lowest BCUT2D eigenvalue weighted by molar-refractivity contribution is -0.496. The Kier molecular flexibility index (Phi) is 6.25. The summed E-state index contributed by atoms with van der Waals surface area (Å²) in [5.41, 5.74) is 0. The Morgan fingerprint density at radius 3 is 2.65 bits per heavy atom. The normalized spacial score (nSPS) is 13.2. The Morgan fingerprint density at radius 1 is 1.50 bits per heavy atom. The van der Waals surface area contributed by atoms with Crippen LogP contribution < -0.4 is 5.32 Å². The predicted octanol–water partition coefficient (Wildman–Crippen LogP) is 1.01. The second-order valence-electron chi connectivity index (χ2n) is 3.54. The molecule has 8 nitrogen and oxygen atoms in total. The number of nitrogens with zero attached hydrogens (tertiary/aromatic N) is 2. The second kappa shape index (κ2) is 7.70. The third-order valence-electron chi connectivity index (χ3n) is 1.99. The van der Waals surface area contributed by atoms with Crippen molar-refractivity contribution in [1.82, 2.24) is 10.3 Å². The summed E-state index contributed by atoms with van der Waals surface area (Å²) >= 11 is 0. The third-order valence-corrected chi connectivity index (χ3v) is 4.53. The lowest BCUT2D eigenvalue weighted by atomic mass is 10.3. The van der Waals surface area contributed by atoms with Crippen molar-refractivity contribution < 1.29 is 19.6 Å². The van der Waals surface area contributed by atoms with E-state index in [1.165, 1.54) is 6.20 Å². The Balaban J connectivity index is 2.78. The highest BCUT2D eigenvalue weighted by molar-refractivity contribution is 8.76. The van der Waals surface area contributed by atoms with Crippen molar-refractivity contribution >= 4 is 33.5 Å². The summed E-state index contributed by atoms with van der Waals surface area (Å²) in [7, 11) is 1.70. The van der Waals surface area contributed by atoms with Gasteiger partial charge in [0.05, 0.1) is 0 Å². The van der Waals surface area contributed by atoms with Crippen molar-refractivity contribution in [2.75, 3.05) is 0 Å². The summed E-state index contributed by atoms with van der Waals surface area (Å²) in [4.78, 5) is 36.2. The molecule has 0 saturated carbocycles. The van der Waals surface area contributed by atoms with Gasteiger partial charge in [-0.3, -0.25) is 14.9 Å². The largest absolute Gasteiger partial charge is 0.479 e. The van der Waals surface area contributed by atoms with Crippen LogP contribution in [0.5, 0.6) is 0 Å². The van der Waals surface area contributed by atoms with E-state index in [9.17, 15) is 19.7 Å². The monoisotopic (exact) mass is 317 g/mol. The molecule has 0 aliphatic carbocycles. The van der Waals surface area contributed by atoms with Crippen LogP contribution in [0.15, 0.2) is 29.4 Å². The van der Waals surface area contributed by atoms with Crippen molar-refractivity contribution in [2.24, 2.45) is 0 Å². The third kappa shape index (κ3) is 5.05. The zero-order valence-corrected chi connectivity index (χ0v) is 11.9. The highest BCUT2D eigenvalue weighted by Gasteiger charge is 2.39. The smallest absolute Gasteiger partial charge is 0.334 e. The second-order valence-corrected chi connectivity index (χ2v) is 5.88. The first kappa shape index (κ1) is 16.2. The van der Waals surface area contributed by atoms with Gasteiger partial charge in [0.15, 0.2) is 0 Å². The number of hydrogen-bond acceptors (Lipinski definition) is 7. The zero-order chi connectivity index (χ0) is 15.1. The van der Waals surface area contributed by atoms with E-state index in [1.807, 2.05) is 0 Å². The fraction of sp³-hybridized carbons (Fsp3) is 0.300. The number of aliphatic carboxylic acids is 1. The van der Waals surface area contributed by atoms with Gasteiger partial charge in [-0.05, 0) is 33.7 Å². The highest BCUT2D eigenvalue weighted by Crippen LogP contribution is 2.34. The number of carboxylic acid groups (broad SMARTS) is 1. The van der Waals surface area contributed by atoms with E-state index in [0.717, 1.165) is 28.5 Å². The van der Waals surface area contributed by atoms with Gasteiger partial charge >= 0.3 is 5.97 Å². The predicted molar refractivity (Wildman–Crippen MR) is 73.7 cm³/mol. The number of amides is 1. The molecule has 2 N–H and O–H groups in total. The van der Waals surface area contributed by atoms with Crippen LogP contribution in [-0.4, -0.2) is 38.3 Å². The van der Waals surface area contributed by atoms with Crippen molar-refractivity contribution in [3.8, 4) is 0 Å². The molecule has 1 heterocycles. The fourth-order valence-corrected chi connectivity index (χ4v) is 3.41. The van der Waals surface area contributed by atoms with Crippen LogP contribution in [0.3, 0.4) is 0 Å². The van der Waals surface area contributed by atoms with E-state index in [2.05, 4.69) is 10.3 Å². The lowest BCUT2D eigenvalue weighted by Gasteiger charge is -2.16. The van der Waals surface area contributed by atoms with Gasteiger partial charge in [-0.1, -0.05) is 6.07 Å². The van der Waals surface area contributed by atoms with E-state index in [-0.39, 0.29) is 0 Å². The number of carbonyl (C=O) groups is 2. The molecule has 1 amide bonds. The Hall–Kier alpha value is -1.81. The zero-order valence-electron chi connectivity index (χ0n) is 10.3. The van der Waals surface area contributed by atoms with Gasteiger partial charge < -0.3 is 10.4 Å². The number of carbonyl (C=O) groups excluding carboxylic acids is 1. The van der Waals surface area contributed by atoms with Crippen LogP contribution in [0.4, 0.5) is 0 Å². The first-order valence-corrected chi connectivity index (χ1v) is 7.51. The van der Waals surface area contributed by atoms with Crippen LogP contribution in [0.25, 0.3) is 0 Å². The number of rotatable bonds is 7. The molecule has 10 heteroatoms. The van der Waals surface area contributed by atoms with Gasteiger partial charge in [-0.2, -0.15) is 0 Å². The maximum Gasteiger partial charge on any atom is 0.334 e. The maximum absolute atomic E-state index is 11.0. The molecule has 1 aromatic rings. The molecule has 0 aliphatic rings. The van der Waals surface area contributed by atoms with E-state index >= 15 is 0 Å². The van der Waals surface area contributed by atoms with Crippen molar-refractivity contribution in [3.05, 3.63) is 34.5 Å². The first-order valence-electron chi connectivity index (χ1n) is 5.29. The molecule has 20 heavy (non-hydrogen) atoms. The number of hydrogen-bond donors (Lipinski definition) is 2. The van der Waals surface area contributed by atoms with Gasteiger partial charge in [0.2, 0.25) is 11.9 Å². The van der Waals surface area contributed by atoms with Gasteiger partial charge in [-0.15, -0.1) is 0 Å². The lowest BCUT2D eigenvalue weighted by Crippen LogP contribution is -2.49. The summed E-state index contributed by atoms with van der Waals surface area (Å²) in [5.74, 6) is -2.11. The Bertz CT molecular complexity index is 499. The molecule has 1 aromatic heterocycles. The summed E-state index contributed by atoms with van der Waals surface area (Å²) in [6.07, 6.45) is 1.52. The SMILES string of the molecule is CC(=O)NC(C(=O)O)C(SSc1ccccn1)[N+](=O)[O-]. The van der Waals surface area contributed by atoms with E-state index in [1.54, 1.807) is 18.2 Å². The minimum absolute atomic E-state index is 0.510. The van der Waals surface area contributed by atoms with Gasteiger partial charge in [0.1, 0.15) is 5.03 Å².